The van der Waals surface area contributed by atoms with E-state index in [-0.39, 0.29) is 82.4 Å². The third-order valence-electron chi connectivity index (χ3n) is 19.7. The van der Waals surface area contributed by atoms with Gasteiger partial charge in [0, 0.05) is 54.3 Å². The summed E-state index contributed by atoms with van der Waals surface area (Å²) in [7, 11) is 1.49. The molecule has 7 rings (SSSR count). The van der Waals surface area contributed by atoms with Gasteiger partial charge in [0.1, 0.15) is 72.5 Å². The zero-order chi connectivity index (χ0) is 92.5. The number of carbonyl (C=O) groups excluding carboxylic acids is 14. The predicted octanol–water partition coefficient (Wildman–Crippen LogP) is -4.31. The van der Waals surface area contributed by atoms with Crippen LogP contribution in [0.2, 0.25) is 0 Å². The summed E-state index contributed by atoms with van der Waals surface area (Å²) in [6.45, 7) is 2.42. The Morgan fingerprint density at radius 2 is 0.873 bits per heavy atom. The molecule has 14 amide bonds. The van der Waals surface area contributed by atoms with Gasteiger partial charge in [-0.05, 0) is 131 Å². The Kier molecular flexibility index (Phi) is 43.2. The number of fused-ring (bicyclic) bond motifs is 1. The first-order chi connectivity index (χ1) is 60.1. The van der Waals surface area contributed by atoms with E-state index in [1.807, 2.05) is 0 Å². The van der Waals surface area contributed by atoms with E-state index in [0.29, 0.717) is 52.5 Å². The quantitative estimate of drug-likeness (QED) is 0.0125. The van der Waals surface area contributed by atoms with Crippen LogP contribution in [0.25, 0.3) is 10.9 Å². The van der Waals surface area contributed by atoms with Gasteiger partial charge in [0.15, 0.2) is 11.5 Å². The molecular formula is C84H115N19O21S2. The summed E-state index contributed by atoms with van der Waals surface area (Å²) in [6.07, 6.45) is -2.76. The van der Waals surface area contributed by atoms with Crippen molar-refractivity contribution in [2.45, 2.75) is 189 Å². The molecule has 42 heteroatoms. The summed E-state index contributed by atoms with van der Waals surface area (Å²) in [5, 5.41) is 94.0. The van der Waals surface area contributed by atoms with Crippen LogP contribution in [0, 0.1) is 0 Å². The average molecular weight is 1790 g/mol. The number of primary amides is 1. The molecule has 684 valence electrons. The maximum absolute atomic E-state index is 15.4. The number of rotatable bonds is 28. The molecule has 0 aliphatic carbocycles. The maximum atomic E-state index is 15.4. The minimum absolute atomic E-state index is 0.0871. The van der Waals surface area contributed by atoms with E-state index in [4.69, 9.17) is 38.9 Å². The third-order valence-corrected chi connectivity index (χ3v) is 22.2. The van der Waals surface area contributed by atoms with Gasteiger partial charge in [-0.1, -0.05) is 137 Å². The normalized spacial score (nSPS) is 22.5. The lowest BCUT2D eigenvalue weighted by Crippen LogP contribution is -2.63. The monoisotopic (exact) mass is 1790 g/mol. The summed E-state index contributed by atoms with van der Waals surface area (Å²) in [5.41, 5.74) is 31.9. The van der Waals surface area contributed by atoms with Crippen LogP contribution < -0.4 is 97.8 Å². The molecule has 2 unspecified atom stereocenters. The highest BCUT2D eigenvalue weighted by atomic mass is 33.1. The molecule has 126 heavy (non-hydrogen) atoms. The topological polar surface area (TPSA) is 680 Å². The highest BCUT2D eigenvalue weighted by molar-refractivity contribution is 8.76. The van der Waals surface area contributed by atoms with Crippen LogP contribution in [0.3, 0.4) is 0 Å². The van der Waals surface area contributed by atoms with Gasteiger partial charge < -0.3 is 133 Å². The Morgan fingerprint density at radius 3 is 1.33 bits per heavy atom. The predicted molar refractivity (Wildman–Crippen MR) is 467 cm³/mol. The molecule has 1 fully saturated rings. The van der Waals surface area contributed by atoms with E-state index in [9.17, 15) is 78.0 Å². The molecule has 40 nitrogen and oxygen atoms in total. The summed E-state index contributed by atoms with van der Waals surface area (Å²) >= 11 is 0. The first kappa shape index (κ1) is 103. The number of carboxylic acids is 1. The molecule has 2 heterocycles. The van der Waals surface area contributed by atoms with Gasteiger partial charge >= 0.3 is 5.97 Å². The summed E-state index contributed by atoms with van der Waals surface area (Å²) in [5.74, 6) is -17.9. The number of aliphatic carboxylic acids is 1. The standard InChI is InChI=1S/C76H104N18O19S2.C8H11NO2/c1-41(79)64(100)82-37-61(99)83-58-39-114-115-40-59(76(112)113)92-72(108)57(38-95)91-75(111)63(43(3)97)94-71(107)54(33-46-23-11-6-12-24-46)90-74(110)62(42(2)96)93-66(102)51(28-16-18-30-78)84-69(105)55(34-47-36-81-49-26-14-13-25-48(47)49)88-68(104)53(32-45-21-9-5-10-22-45)86-67(103)52(31-44-19-7-4-8-20-44)87-70(106)56(35-60(80)98)89-65(101)50(85-73(58)109)27-15-17-29-77;9-4-3-6-1-2-7(10)8(11)5-6/h4-14,19-26,36,41-43,50-59,62-63,81,95-97H,15-18,27-35,37-40,77-79H2,1-3H3,(H2,80,98)(H,82,100)(H,83,99)(H,84,105)(H,85,109)(H,86,103)(H,87,106)(H,88,104)(H,89,101)(H,90,110)(H,91,111)(H,92,108)(H,93,102)(H,94,107)(H,112,113);1-2,5,10-11H,3-4,9H2/t41-,42?,43?,50-,51-,52-,53-,54-,55-,56-,57-,58-,59-,62-,63-;/m0./s1. The minimum atomic E-state index is -1.99. The molecule has 0 spiro atoms. The number of aromatic hydroxyl groups is 2. The van der Waals surface area contributed by atoms with Crippen molar-refractivity contribution in [2.75, 3.05) is 44.3 Å². The van der Waals surface area contributed by atoms with Crippen LogP contribution in [-0.4, -0.2) is 259 Å². The lowest BCUT2D eigenvalue weighted by molar-refractivity contribution is -0.142. The zero-order valence-electron chi connectivity index (χ0n) is 69.9. The van der Waals surface area contributed by atoms with Gasteiger partial charge in [0.05, 0.1) is 37.8 Å². The van der Waals surface area contributed by atoms with Gasteiger partial charge in [0.2, 0.25) is 82.7 Å². The van der Waals surface area contributed by atoms with Gasteiger partial charge in [-0.2, -0.15) is 0 Å². The van der Waals surface area contributed by atoms with Gasteiger partial charge in [0.25, 0.3) is 0 Å². The van der Waals surface area contributed by atoms with Crippen LogP contribution in [0.4, 0.5) is 0 Å². The first-order valence-corrected chi connectivity index (χ1v) is 43.3. The number of nitrogens with two attached hydrogens (primary N) is 5. The number of para-hydroxylation sites is 1. The number of amides is 14. The summed E-state index contributed by atoms with van der Waals surface area (Å²) < 4.78 is 0. The van der Waals surface area contributed by atoms with Crippen molar-refractivity contribution in [3.63, 3.8) is 0 Å². The van der Waals surface area contributed by atoms with Crippen molar-refractivity contribution >= 4 is 121 Å². The Balaban J connectivity index is 0.00000206. The number of nitrogens with one attached hydrogen (secondary N) is 14. The largest absolute Gasteiger partial charge is 0.504 e. The van der Waals surface area contributed by atoms with Crippen LogP contribution in [-0.2, 0) is 104 Å². The molecule has 1 saturated heterocycles. The van der Waals surface area contributed by atoms with Gasteiger partial charge in [-0.15, -0.1) is 0 Å². The van der Waals surface area contributed by atoms with E-state index in [0.717, 1.165) is 41.0 Å². The lowest BCUT2D eigenvalue weighted by atomic mass is 10.00. The molecule has 1 aromatic heterocycles. The smallest absolute Gasteiger partial charge is 0.327 e. The van der Waals surface area contributed by atoms with Gasteiger partial charge in [-0.25, -0.2) is 4.79 Å². The molecule has 1 aliphatic heterocycles. The van der Waals surface area contributed by atoms with Crippen LogP contribution in [0.1, 0.15) is 93.5 Å². The van der Waals surface area contributed by atoms with Gasteiger partial charge in [-0.3, -0.25) is 67.1 Å². The van der Waals surface area contributed by atoms with E-state index in [1.54, 1.807) is 128 Å². The molecule has 0 bridgehead atoms. The van der Waals surface area contributed by atoms with E-state index < -0.39 is 210 Å². The molecule has 5 aromatic carbocycles. The van der Waals surface area contributed by atoms with E-state index >= 15 is 14.4 Å². The Bertz CT molecular complexity index is 4630. The number of phenols is 2. The maximum Gasteiger partial charge on any atom is 0.327 e. The van der Waals surface area contributed by atoms with Crippen LogP contribution >= 0.6 is 21.6 Å². The molecule has 0 saturated carbocycles. The molecule has 0 radical (unpaired) electrons. The van der Waals surface area contributed by atoms with Crippen molar-refractivity contribution in [3.05, 3.63) is 167 Å². The van der Waals surface area contributed by atoms with Crippen molar-refractivity contribution in [1.29, 1.82) is 0 Å². The van der Waals surface area contributed by atoms with E-state index in [2.05, 4.69) is 74.1 Å². The Labute approximate surface area is 734 Å². The minimum Gasteiger partial charge on any atom is -0.504 e. The first-order valence-electron chi connectivity index (χ1n) is 40.8. The highest BCUT2D eigenvalue weighted by Gasteiger charge is 2.40. The van der Waals surface area contributed by atoms with Crippen LogP contribution in [0.15, 0.2) is 140 Å². The number of hydrogen-bond donors (Lipinski definition) is 25. The number of carbonyl (C=O) groups is 15. The second-order valence-electron chi connectivity index (χ2n) is 30.0. The van der Waals surface area contributed by atoms with E-state index in [1.165, 1.54) is 19.1 Å². The highest BCUT2D eigenvalue weighted by Crippen LogP contribution is 2.26. The number of benzene rings is 5. The number of H-pyrrole nitrogens is 1. The number of aromatic nitrogens is 1. The molecule has 1 aliphatic rings. The second kappa shape index (κ2) is 53.1. The summed E-state index contributed by atoms with van der Waals surface area (Å²) in [4.78, 5) is 217. The molecule has 15 atom stereocenters. The third kappa shape index (κ3) is 34.3. The number of hydrogen-bond acceptors (Lipinski definition) is 26. The molecule has 30 N–H and O–H groups in total. The fourth-order valence-corrected chi connectivity index (χ4v) is 15.2. The number of aliphatic hydroxyl groups is 3. The fraction of sp³-hybridized carbons (Fsp3) is 0.440. The number of carboxylic acid groups (broad SMARTS) is 1. The van der Waals surface area contributed by atoms with Crippen molar-refractivity contribution < 1.29 is 103 Å². The SMILES string of the molecule is CC(O)[C@@H]1NC(=O)[C@H](Cc2ccccc2)NC(=O)[C@H](C(C)O)NC(=O)[C@H](CCCCN)NC(=O)[C@H](Cc2c[nH]c3ccccc23)NC(=O)[C@H](Cc2ccccc2)NC(=O)[C@H](Cc2ccccc2)NC(=O)[C@H](CC(N)=O)NC(=O)[C@H](CCCCN)NC(=O)[C@@H](NC(=O)CNC(=O)[C@H](C)N)CSSC[C@@H](C(=O)O)NC(=O)[C@H](CO)NC1=O.NCCc1ccc(O)c(O)c1. The van der Waals surface area contributed by atoms with Crippen molar-refractivity contribution in [1.82, 2.24) is 74.1 Å². The number of aromatic amines is 1. The number of aliphatic hydroxyl groups excluding tert-OH is 3. The van der Waals surface area contributed by atoms with Crippen LogP contribution in [0.5, 0.6) is 11.5 Å². The lowest BCUT2D eigenvalue weighted by Gasteiger charge is -2.29. The molecular weight excluding hydrogens is 1680 g/mol. The van der Waals surface area contributed by atoms with Crippen molar-refractivity contribution in [2.24, 2.45) is 28.7 Å². The second-order valence-corrected chi connectivity index (χ2v) is 32.5. The Morgan fingerprint density at radius 1 is 0.460 bits per heavy atom. The zero-order valence-corrected chi connectivity index (χ0v) is 71.5. The van der Waals surface area contributed by atoms with Crippen molar-refractivity contribution in [3.8, 4) is 11.5 Å². The number of phenolic OH excluding ortho intramolecular Hbond substituents is 2. The molecule has 6 aromatic rings. The fourth-order valence-electron chi connectivity index (χ4n) is 12.8. The Hall–Kier alpha value is -12.3. The summed E-state index contributed by atoms with van der Waals surface area (Å²) in [6, 6.07) is 14.3. The average Bonchev–Trinajstić information content (AvgIpc) is 1.53. The number of unbranched alkanes of at least 4 members (excludes halogenated alkanes) is 2.